The summed E-state index contributed by atoms with van der Waals surface area (Å²) in [5.74, 6) is 0. The molecule has 1 aromatic heterocycles. The first-order valence-corrected chi connectivity index (χ1v) is 20.6. The Hall–Kier alpha value is -7.15. The van der Waals surface area contributed by atoms with Gasteiger partial charge in [0.15, 0.2) is 0 Å². The summed E-state index contributed by atoms with van der Waals surface area (Å²) in [6, 6.07) is 53.5. The first kappa shape index (κ1) is 43.0. The van der Waals surface area contributed by atoms with Crippen molar-refractivity contribution in [1.29, 1.82) is 5.26 Å². The van der Waals surface area contributed by atoms with Gasteiger partial charge in [0, 0.05) is 45.8 Å². The number of aromatic nitrogens is 1. The van der Waals surface area contributed by atoms with Crippen molar-refractivity contribution in [2.75, 3.05) is 11.4 Å². The molecule has 1 aliphatic heterocycles. The third-order valence-corrected chi connectivity index (χ3v) is 9.94. The van der Waals surface area contributed by atoms with Gasteiger partial charge in [0.1, 0.15) is 0 Å². The Labute approximate surface area is 352 Å². The minimum Gasteiger partial charge on any atom is -0.337 e. The number of allylic oxidation sites excluding steroid dienone is 4. The van der Waals surface area contributed by atoms with Crippen LogP contribution >= 0.6 is 0 Å². The third kappa shape index (κ3) is 9.88. The molecule has 0 N–H and O–H groups in total. The van der Waals surface area contributed by atoms with E-state index in [9.17, 15) is 5.26 Å². The van der Waals surface area contributed by atoms with Crippen LogP contribution in [0.15, 0.2) is 190 Å². The molecule has 8 rings (SSSR count). The summed E-state index contributed by atoms with van der Waals surface area (Å²) in [5, 5.41) is 10.8. The van der Waals surface area contributed by atoms with Gasteiger partial charge in [-0.3, -0.25) is 0 Å². The predicted molar refractivity (Wildman–Crippen MR) is 258 cm³/mol. The smallest absolute Gasteiger partial charge is 0.0992 e. The molecule has 59 heavy (non-hydrogen) atoms. The van der Waals surface area contributed by atoms with Gasteiger partial charge in [-0.25, -0.2) is 0 Å². The minimum atomic E-state index is 0.655. The molecule has 0 aliphatic carbocycles. The number of para-hydroxylation sites is 1. The molecule has 0 fully saturated rings. The van der Waals surface area contributed by atoms with Gasteiger partial charge in [-0.2, -0.15) is 5.26 Å². The highest BCUT2D eigenvalue weighted by molar-refractivity contribution is 5.96. The van der Waals surface area contributed by atoms with Crippen molar-refractivity contribution >= 4 is 40.0 Å². The molecule has 6 aromatic carbocycles. The molecule has 3 heteroatoms. The topological polar surface area (TPSA) is 32.0 Å². The van der Waals surface area contributed by atoms with Crippen LogP contribution in [-0.4, -0.2) is 11.1 Å². The fourth-order valence-corrected chi connectivity index (χ4v) is 7.27. The fraction of sp³-hybridized carbons (Fsp3) is 0.125. The normalized spacial score (nSPS) is 11.5. The Morgan fingerprint density at radius 1 is 0.644 bits per heavy atom. The van der Waals surface area contributed by atoms with E-state index in [1.54, 1.807) is 12.2 Å². The van der Waals surface area contributed by atoms with E-state index in [1.807, 2.05) is 45.9 Å². The zero-order valence-electron chi connectivity index (χ0n) is 35.2. The van der Waals surface area contributed by atoms with Crippen molar-refractivity contribution < 1.29 is 0 Å². The molecule has 0 saturated heterocycles. The van der Waals surface area contributed by atoms with Gasteiger partial charge in [-0.05, 0) is 94.4 Å². The quantitative estimate of drug-likeness (QED) is 0.144. The van der Waals surface area contributed by atoms with Gasteiger partial charge in [0.2, 0.25) is 0 Å². The molecule has 1 aliphatic rings. The van der Waals surface area contributed by atoms with E-state index in [1.165, 1.54) is 38.9 Å². The average Bonchev–Trinajstić information content (AvgIpc) is 3.55. The van der Waals surface area contributed by atoms with Gasteiger partial charge in [0.05, 0.1) is 17.1 Å². The first-order chi connectivity index (χ1) is 29.0. The monoisotopic (exact) mass is 769 g/mol. The van der Waals surface area contributed by atoms with Crippen LogP contribution in [0.2, 0.25) is 0 Å². The van der Waals surface area contributed by atoms with Crippen LogP contribution in [0.1, 0.15) is 62.6 Å². The van der Waals surface area contributed by atoms with Crippen molar-refractivity contribution in [3.8, 4) is 34.0 Å². The number of hydrogen-bond donors (Lipinski definition) is 0. The van der Waals surface area contributed by atoms with E-state index in [0.29, 0.717) is 5.56 Å². The largest absolute Gasteiger partial charge is 0.337 e. The van der Waals surface area contributed by atoms with E-state index < -0.39 is 0 Å². The Balaban J connectivity index is 0.000000771. The highest BCUT2D eigenvalue weighted by Gasteiger charge is 2.18. The summed E-state index contributed by atoms with van der Waals surface area (Å²) >= 11 is 0. The molecule has 0 amide bonds. The van der Waals surface area contributed by atoms with E-state index >= 15 is 0 Å². The van der Waals surface area contributed by atoms with Crippen molar-refractivity contribution in [3.63, 3.8) is 0 Å². The molecule has 3 nitrogen and oxygen atoms in total. The summed E-state index contributed by atoms with van der Waals surface area (Å²) in [6.07, 6.45) is 12.9. The summed E-state index contributed by atoms with van der Waals surface area (Å²) in [6.45, 7) is 22.1. The number of hydrogen-bond acceptors (Lipinski definition) is 2. The molecule has 7 aromatic rings. The number of anilines is 2. The number of rotatable bonds is 8. The maximum Gasteiger partial charge on any atom is 0.0992 e. The summed E-state index contributed by atoms with van der Waals surface area (Å²) in [5.41, 5.74) is 15.6. The van der Waals surface area contributed by atoms with Crippen molar-refractivity contribution in [3.05, 3.63) is 218 Å². The van der Waals surface area contributed by atoms with Crippen LogP contribution in [0.3, 0.4) is 0 Å². The molecule has 294 valence electrons. The van der Waals surface area contributed by atoms with Gasteiger partial charge < -0.3 is 9.47 Å². The van der Waals surface area contributed by atoms with Crippen LogP contribution in [-0.2, 0) is 6.42 Å². The van der Waals surface area contributed by atoms with Crippen LogP contribution in [0.5, 0.6) is 0 Å². The van der Waals surface area contributed by atoms with Gasteiger partial charge >= 0.3 is 0 Å². The highest BCUT2D eigenvalue weighted by Crippen LogP contribution is 2.38. The lowest BCUT2D eigenvalue weighted by atomic mass is 9.98. The van der Waals surface area contributed by atoms with Crippen LogP contribution < -0.4 is 4.90 Å². The lowest BCUT2D eigenvalue weighted by molar-refractivity contribution is 0.957. The fourth-order valence-electron chi connectivity index (χ4n) is 7.27. The van der Waals surface area contributed by atoms with Crippen molar-refractivity contribution in [1.82, 2.24) is 4.57 Å². The van der Waals surface area contributed by atoms with Gasteiger partial charge in [-0.1, -0.05) is 182 Å². The maximum absolute atomic E-state index is 9.58. The van der Waals surface area contributed by atoms with E-state index in [0.717, 1.165) is 52.2 Å². The predicted octanol–water partition coefficient (Wildman–Crippen LogP) is 15.7. The summed E-state index contributed by atoms with van der Waals surface area (Å²) in [4.78, 5) is 2.36. The summed E-state index contributed by atoms with van der Waals surface area (Å²) < 4.78 is 2.29. The van der Waals surface area contributed by atoms with E-state index in [4.69, 9.17) is 0 Å². The lowest BCUT2D eigenvalue weighted by Gasteiger charge is -2.25. The van der Waals surface area contributed by atoms with Crippen molar-refractivity contribution in [2.45, 2.75) is 41.0 Å². The lowest BCUT2D eigenvalue weighted by Crippen LogP contribution is -2.17. The Kier molecular flexibility index (Phi) is 15.6. The Bertz CT molecular complexity index is 2600. The van der Waals surface area contributed by atoms with Crippen LogP contribution in [0.4, 0.5) is 11.4 Å². The second kappa shape index (κ2) is 21.4. The second-order valence-electron chi connectivity index (χ2n) is 13.3. The molecule has 0 radical (unpaired) electrons. The number of nitrogens with zero attached hydrogens (tertiary/aromatic N) is 3. The van der Waals surface area contributed by atoms with E-state index in [2.05, 4.69) is 194 Å². The number of benzene rings is 6. The van der Waals surface area contributed by atoms with Crippen LogP contribution in [0, 0.1) is 11.3 Å². The molecule has 0 atom stereocenters. The molecular formula is C56H55N3. The zero-order valence-corrected chi connectivity index (χ0v) is 35.2. The summed E-state index contributed by atoms with van der Waals surface area (Å²) in [7, 11) is 0. The van der Waals surface area contributed by atoms with E-state index in [-0.39, 0.29) is 0 Å². The van der Waals surface area contributed by atoms with Gasteiger partial charge in [-0.15, -0.1) is 0 Å². The SMILES string of the molecule is C=C1C=CCN(c2ccc(-c3cccc(-c4ccccc4)c3)cc2)c2ccc(C=Cc3c(CC)n(-c4cccc(C#N)c4)c4ccccc34)cc21.C=CC=C.CC.CC. The average molecular weight is 770 g/mol. The Morgan fingerprint density at radius 3 is 1.97 bits per heavy atom. The third-order valence-electron chi connectivity index (χ3n) is 9.94. The zero-order chi connectivity index (χ0) is 42.1. The molecule has 2 heterocycles. The highest BCUT2D eigenvalue weighted by atomic mass is 15.1. The number of nitriles is 1. The first-order valence-electron chi connectivity index (χ1n) is 20.6. The minimum absolute atomic E-state index is 0.655. The van der Waals surface area contributed by atoms with Gasteiger partial charge in [0.25, 0.3) is 0 Å². The Morgan fingerprint density at radius 2 is 1.29 bits per heavy atom. The standard InChI is InChI=1S/C48H37N3.C4H6.2C2H6/c1-3-46-44(43-19-7-8-20-48(43)51(46)42-18-9-13-36(30-42)33-49)27-21-35-22-28-47-45(31-35)34(2)12-11-29-50(47)41-25-23-38(24-26-41)40-17-10-16-39(32-40)37-14-5-4-6-15-37;1-3-4-2;2*1-2/h4-28,30-32H,2-3,29H2,1H3;3-4H,1-2H2;2*1-2H3. The molecule has 0 saturated carbocycles. The maximum atomic E-state index is 9.58. The second-order valence-corrected chi connectivity index (χ2v) is 13.3. The van der Waals surface area contributed by atoms with Crippen LogP contribution in [0.25, 0.3) is 56.6 Å². The molecule has 0 bridgehead atoms. The molecule has 0 unspecified atom stereocenters. The van der Waals surface area contributed by atoms with Crippen molar-refractivity contribution in [2.24, 2.45) is 0 Å². The number of fused-ring (bicyclic) bond motifs is 2. The molecular weight excluding hydrogens is 715 g/mol. The molecule has 0 spiro atoms.